The highest BCUT2D eigenvalue weighted by molar-refractivity contribution is 5.57. The van der Waals surface area contributed by atoms with Gasteiger partial charge >= 0.3 is 0 Å². The van der Waals surface area contributed by atoms with Crippen molar-refractivity contribution in [1.29, 1.82) is 0 Å². The minimum Gasteiger partial charge on any atom is -0.350 e. The van der Waals surface area contributed by atoms with E-state index in [1.807, 2.05) is 26.0 Å². The van der Waals surface area contributed by atoms with Gasteiger partial charge in [-0.15, -0.1) is 0 Å². The first-order valence-electron chi connectivity index (χ1n) is 3.85. The van der Waals surface area contributed by atoms with Gasteiger partial charge in [-0.3, -0.25) is 4.99 Å². The van der Waals surface area contributed by atoms with E-state index in [4.69, 9.17) is 0 Å². The molecule has 0 aromatic carbocycles. The fourth-order valence-corrected chi connectivity index (χ4v) is 0.784. The van der Waals surface area contributed by atoms with Crippen molar-refractivity contribution in [2.45, 2.75) is 13.8 Å². The highest BCUT2D eigenvalue weighted by Gasteiger charge is 1.84. The molecule has 0 aliphatic carbocycles. The van der Waals surface area contributed by atoms with E-state index < -0.39 is 0 Å². The van der Waals surface area contributed by atoms with Gasteiger partial charge in [0.1, 0.15) is 0 Å². The van der Waals surface area contributed by atoms with Crippen molar-refractivity contribution in [3.63, 3.8) is 0 Å². The fraction of sp³-hybridized carbons (Fsp3) is 0.300. The van der Waals surface area contributed by atoms with Crippen LogP contribution in [0.5, 0.6) is 0 Å². The molecule has 0 bridgehead atoms. The van der Waals surface area contributed by atoms with Gasteiger partial charge in [-0.1, -0.05) is 18.7 Å². The van der Waals surface area contributed by atoms with E-state index >= 15 is 0 Å². The Morgan fingerprint density at radius 2 is 2.08 bits per heavy atom. The van der Waals surface area contributed by atoms with Crippen LogP contribution in [-0.2, 0) is 0 Å². The van der Waals surface area contributed by atoms with E-state index in [9.17, 15) is 0 Å². The molecule has 0 fully saturated rings. The molecule has 0 saturated carbocycles. The standard InChI is InChI=1S/C10H16N2/c1-5-6-9(2)7-10(3)12-8-11-4/h5-8H,1H2,2-4H3,(H,11,12)/b9-6-,10-7+. The van der Waals surface area contributed by atoms with E-state index in [0.29, 0.717) is 0 Å². The lowest BCUT2D eigenvalue weighted by Crippen LogP contribution is -2.07. The molecular weight excluding hydrogens is 148 g/mol. The second-order valence-electron chi connectivity index (χ2n) is 2.51. The lowest BCUT2D eigenvalue weighted by Gasteiger charge is -1.98. The van der Waals surface area contributed by atoms with Crippen LogP contribution < -0.4 is 5.32 Å². The Kier molecular flexibility index (Phi) is 5.70. The van der Waals surface area contributed by atoms with Gasteiger partial charge in [-0.05, 0) is 25.5 Å². The molecule has 0 radical (unpaired) electrons. The largest absolute Gasteiger partial charge is 0.350 e. The van der Waals surface area contributed by atoms with Crippen molar-refractivity contribution in [3.05, 3.63) is 36.1 Å². The Labute approximate surface area is 74.4 Å². The summed E-state index contributed by atoms with van der Waals surface area (Å²) in [5.74, 6) is 0. The molecule has 0 atom stereocenters. The summed E-state index contributed by atoms with van der Waals surface area (Å²) in [6.45, 7) is 7.63. The summed E-state index contributed by atoms with van der Waals surface area (Å²) in [4.78, 5) is 3.81. The Hall–Kier alpha value is -1.31. The van der Waals surface area contributed by atoms with Crippen molar-refractivity contribution < 1.29 is 0 Å². The van der Waals surface area contributed by atoms with E-state index in [1.54, 1.807) is 19.5 Å². The van der Waals surface area contributed by atoms with Crippen LogP contribution in [0.25, 0.3) is 0 Å². The van der Waals surface area contributed by atoms with Crippen molar-refractivity contribution in [3.8, 4) is 0 Å². The molecule has 0 spiro atoms. The Balaban J connectivity index is 4.15. The topological polar surface area (TPSA) is 24.4 Å². The van der Waals surface area contributed by atoms with Gasteiger partial charge < -0.3 is 5.32 Å². The number of nitrogens with zero attached hydrogens (tertiary/aromatic N) is 1. The van der Waals surface area contributed by atoms with Gasteiger partial charge in [0.2, 0.25) is 0 Å². The van der Waals surface area contributed by atoms with E-state index in [1.165, 1.54) is 5.57 Å². The molecule has 2 nitrogen and oxygen atoms in total. The van der Waals surface area contributed by atoms with E-state index in [0.717, 1.165) is 5.70 Å². The first-order chi connectivity index (χ1) is 5.70. The predicted molar refractivity (Wildman–Crippen MR) is 55.3 cm³/mol. The van der Waals surface area contributed by atoms with Gasteiger partial charge in [-0.2, -0.15) is 0 Å². The van der Waals surface area contributed by atoms with Crippen LogP contribution in [0, 0.1) is 0 Å². The fourth-order valence-electron chi connectivity index (χ4n) is 0.784. The average molecular weight is 164 g/mol. The van der Waals surface area contributed by atoms with Gasteiger partial charge in [0.25, 0.3) is 0 Å². The average Bonchev–Trinajstić information content (AvgIpc) is 2.01. The Morgan fingerprint density at radius 3 is 2.58 bits per heavy atom. The van der Waals surface area contributed by atoms with Crippen LogP contribution in [-0.4, -0.2) is 13.4 Å². The monoisotopic (exact) mass is 164 g/mol. The third-order valence-electron chi connectivity index (χ3n) is 1.25. The molecule has 12 heavy (non-hydrogen) atoms. The van der Waals surface area contributed by atoms with Gasteiger partial charge in [-0.25, -0.2) is 0 Å². The lowest BCUT2D eigenvalue weighted by molar-refractivity contribution is 1.13. The number of hydrogen-bond acceptors (Lipinski definition) is 1. The first-order valence-corrected chi connectivity index (χ1v) is 3.85. The maximum Gasteiger partial charge on any atom is 0.0861 e. The van der Waals surface area contributed by atoms with Crippen LogP contribution in [0.3, 0.4) is 0 Å². The van der Waals surface area contributed by atoms with E-state index in [-0.39, 0.29) is 0 Å². The lowest BCUT2D eigenvalue weighted by atomic mass is 10.2. The molecule has 0 aromatic heterocycles. The van der Waals surface area contributed by atoms with Crippen molar-refractivity contribution in [2.75, 3.05) is 7.05 Å². The first kappa shape index (κ1) is 10.7. The summed E-state index contributed by atoms with van der Waals surface area (Å²) < 4.78 is 0. The van der Waals surface area contributed by atoms with Crippen LogP contribution in [0.15, 0.2) is 41.1 Å². The minimum absolute atomic E-state index is 1.07. The van der Waals surface area contributed by atoms with Crippen molar-refractivity contribution in [1.82, 2.24) is 5.32 Å². The molecule has 0 aliphatic rings. The predicted octanol–water partition coefficient (Wildman–Crippen LogP) is 2.27. The number of hydrogen-bond donors (Lipinski definition) is 1. The molecule has 0 aliphatic heterocycles. The van der Waals surface area contributed by atoms with Crippen molar-refractivity contribution in [2.24, 2.45) is 4.99 Å². The normalized spacial score (nSPS) is 13.6. The van der Waals surface area contributed by atoms with Crippen LogP contribution in [0.4, 0.5) is 0 Å². The number of nitrogens with one attached hydrogen (secondary N) is 1. The molecule has 0 rings (SSSR count). The molecule has 0 aromatic rings. The molecule has 1 N–H and O–H groups in total. The van der Waals surface area contributed by atoms with E-state index in [2.05, 4.69) is 16.9 Å². The van der Waals surface area contributed by atoms with Gasteiger partial charge in [0, 0.05) is 12.7 Å². The summed E-state index contributed by atoms with van der Waals surface area (Å²) in [5.41, 5.74) is 2.23. The zero-order valence-corrected chi connectivity index (χ0v) is 7.96. The summed E-state index contributed by atoms with van der Waals surface area (Å²) in [6, 6.07) is 0. The summed E-state index contributed by atoms with van der Waals surface area (Å²) in [6.07, 6.45) is 7.41. The summed E-state index contributed by atoms with van der Waals surface area (Å²) >= 11 is 0. The quantitative estimate of drug-likeness (QED) is 0.385. The molecule has 66 valence electrons. The van der Waals surface area contributed by atoms with Crippen LogP contribution in [0.1, 0.15) is 13.8 Å². The maximum atomic E-state index is 3.81. The minimum atomic E-state index is 1.07. The molecule has 0 heterocycles. The number of aliphatic imine (C=N–C) groups is 1. The number of allylic oxidation sites excluding steroid dienone is 5. The zero-order chi connectivity index (χ0) is 9.40. The smallest absolute Gasteiger partial charge is 0.0861 e. The molecule has 2 heteroatoms. The molecule has 0 amide bonds. The summed E-state index contributed by atoms with van der Waals surface area (Å²) in [7, 11) is 1.73. The summed E-state index contributed by atoms with van der Waals surface area (Å²) in [5, 5.41) is 3.02. The second-order valence-corrected chi connectivity index (χ2v) is 2.51. The van der Waals surface area contributed by atoms with Crippen molar-refractivity contribution >= 4 is 6.34 Å². The zero-order valence-electron chi connectivity index (χ0n) is 7.96. The molecular formula is C10H16N2. The molecule has 0 saturated heterocycles. The Morgan fingerprint density at radius 1 is 1.42 bits per heavy atom. The van der Waals surface area contributed by atoms with Gasteiger partial charge in [0.15, 0.2) is 0 Å². The highest BCUT2D eigenvalue weighted by Crippen LogP contribution is 1.98. The van der Waals surface area contributed by atoms with Crippen LogP contribution in [0.2, 0.25) is 0 Å². The highest BCUT2D eigenvalue weighted by atomic mass is 14.9. The third-order valence-corrected chi connectivity index (χ3v) is 1.25. The van der Waals surface area contributed by atoms with Crippen LogP contribution >= 0.6 is 0 Å². The number of rotatable bonds is 4. The SMILES string of the molecule is C=C/C=C(C)\C=C(/C)N/C=N\C. The Bertz CT molecular complexity index is 222. The van der Waals surface area contributed by atoms with Gasteiger partial charge in [0.05, 0.1) is 6.34 Å². The second kappa shape index (κ2) is 6.40. The third kappa shape index (κ3) is 5.47. The molecule has 0 unspecified atom stereocenters. The maximum absolute atomic E-state index is 3.81.